The van der Waals surface area contributed by atoms with Gasteiger partial charge in [0.25, 0.3) is 8.32 Å². The van der Waals surface area contributed by atoms with Crippen molar-refractivity contribution in [1.29, 1.82) is 0 Å². The molecule has 0 aliphatic rings. The second-order valence-corrected chi connectivity index (χ2v) is 20.0. The maximum absolute atomic E-state index is 13.9. The maximum Gasteiger partial charge on any atom is 0.511 e. The van der Waals surface area contributed by atoms with E-state index in [1.807, 2.05) is 98.1 Å². The number of carboxylic acid groups (broad SMARTS) is 1. The first-order valence-electron chi connectivity index (χ1n) is 16.8. The van der Waals surface area contributed by atoms with Crippen molar-refractivity contribution >= 4 is 44.0 Å². The van der Waals surface area contributed by atoms with Crippen LogP contribution in [-0.2, 0) is 18.3 Å². The fourth-order valence-corrected chi connectivity index (χ4v) is 12.6. The first-order valence-corrected chi connectivity index (χ1v) is 21.0. The van der Waals surface area contributed by atoms with Gasteiger partial charge in [0.2, 0.25) is 6.16 Å². The van der Waals surface area contributed by atoms with Gasteiger partial charge in [0.15, 0.2) is 6.61 Å². The summed E-state index contributed by atoms with van der Waals surface area (Å²) in [4.78, 5) is 18.1. The number of hydrogen-bond donors (Lipinski definition) is 1. The van der Waals surface area contributed by atoms with Crippen molar-refractivity contribution in [2.45, 2.75) is 58.1 Å². The number of pyridine rings is 1. The van der Waals surface area contributed by atoms with Crippen LogP contribution >= 0.6 is 19.4 Å². The predicted molar refractivity (Wildman–Crippen MR) is 207 cm³/mol. The molecule has 5 rings (SSSR count). The minimum Gasteiger partial charge on any atom is -0.481 e. The summed E-state index contributed by atoms with van der Waals surface area (Å²) in [5.41, 5.74) is 3.90. The number of carbonyl (C=O) groups is 1. The smallest absolute Gasteiger partial charge is 0.481 e. The summed E-state index contributed by atoms with van der Waals surface area (Å²) < 4.78 is 40.1. The molecule has 51 heavy (non-hydrogen) atoms. The van der Waals surface area contributed by atoms with Gasteiger partial charge in [0.1, 0.15) is 11.9 Å². The fourth-order valence-electron chi connectivity index (χ4n) is 6.25. The Morgan fingerprint density at radius 1 is 0.961 bits per heavy atom. The highest BCUT2D eigenvalue weighted by atomic mass is 32.1. The van der Waals surface area contributed by atoms with Crippen molar-refractivity contribution in [2.75, 3.05) is 12.8 Å². The molecule has 2 aromatic heterocycles. The van der Waals surface area contributed by atoms with E-state index in [-0.39, 0.29) is 30.9 Å². The van der Waals surface area contributed by atoms with Gasteiger partial charge in [-0.1, -0.05) is 125 Å². The van der Waals surface area contributed by atoms with Crippen LogP contribution in [0.2, 0.25) is 5.04 Å². The Morgan fingerprint density at radius 2 is 1.59 bits per heavy atom. The first-order chi connectivity index (χ1) is 24.4. The summed E-state index contributed by atoms with van der Waals surface area (Å²) in [6.45, 7) is 10.3. The van der Waals surface area contributed by atoms with E-state index >= 15 is 0 Å². The van der Waals surface area contributed by atoms with E-state index in [4.69, 9.17) is 13.9 Å². The standard InChI is InChI=1S/C41H41FNO5PSSi/c1-29(2)40-35(36(30-20-22-31(42)23-21-30)27-37(43-40)38-19-13-25-50-38)18-12-24-47-49(46)28-32(26-39(44)45)48-51(41(3,4)5,33-14-8-6-9-15-33)34-16-10-7-11-17-34/h6-11,13-17,19-23,25,27,29,32H,24,26,28H2,1-5H3/p+1. The Balaban J connectivity index is 1.42. The Kier molecular flexibility index (Phi) is 12.5. The molecule has 3 aromatic carbocycles. The molecule has 2 unspecified atom stereocenters. The van der Waals surface area contributed by atoms with Gasteiger partial charge in [-0.2, -0.15) is 0 Å². The van der Waals surface area contributed by atoms with Crippen molar-refractivity contribution in [3.63, 3.8) is 0 Å². The lowest BCUT2D eigenvalue weighted by molar-refractivity contribution is -0.138. The number of nitrogens with zero attached hydrogens (tertiary/aromatic N) is 1. The lowest BCUT2D eigenvalue weighted by Gasteiger charge is -2.44. The van der Waals surface area contributed by atoms with Crippen LogP contribution in [0.1, 0.15) is 58.2 Å². The van der Waals surface area contributed by atoms with Gasteiger partial charge in [0, 0.05) is 5.56 Å². The molecule has 5 aromatic rings. The Morgan fingerprint density at radius 3 is 2.12 bits per heavy atom. The van der Waals surface area contributed by atoms with Crippen molar-refractivity contribution < 1.29 is 27.8 Å². The highest BCUT2D eigenvalue weighted by Crippen LogP contribution is 2.39. The van der Waals surface area contributed by atoms with Gasteiger partial charge in [0.05, 0.1) is 28.2 Å². The summed E-state index contributed by atoms with van der Waals surface area (Å²) in [6.07, 6.45) is -1.32. The van der Waals surface area contributed by atoms with E-state index in [1.165, 1.54) is 12.1 Å². The quantitative estimate of drug-likeness (QED) is 0.0737. The molecule has 0 aliphatic carbocycles. The molecule has 0 saturated heterocycles. The maximum atomic E-state index is 13.9. The SMILES string of the molecule is CC(C)c1nc(-c2cccs2)cc(-c2ccc(F)cc2)c1C#CCO[P+](=O)CC(CC(=O)O)O[Si](c1ccccc1)(c1ccccc1)C(C)(C)C. The van der Waals surface area contributed by atoms with Gasteiger partial charge in [-0.05, 0) is 61.1 Å². The van der Waals surface area contributed by atoms with Gasteiger partial charge in [-0.25, -0.2) is 4.39 Å². The topological polar surface area (TPSA) is 85.7 Å². The van der Waals surface area contributed by atoms with Crippen LogP contribution in [0, 0.1) is 17.7 Å². The molecular weight excluding hydrogens is 697 g/mol. The molecule has 262 valence electrons. The van der Waals surface area contributed by atoms with Crippen LogP contribution in [0.25, 0.3) is 21.7 Å². The third-order valence-corrected chi connectivity index (χ3v) is 15.6. The molecule has 10 heteroatoms. The normalized spacial score (nSPS) is 12.6. The second kappa shape index (κ2) is 16.8. The van der Waals surface area contributed by atoms with Crippen molar-refractivity contribution in [2.24, 2.45) is 0 Å². The van der Waals surface area contributed by atoms with Gasteiger partial charge < -0.3 is 9.53 Å². The van der Waals surface area contributed by atoms with E-state index in [9.17, 15) is 18.9 Å². The number of carboxylic acids is 1. The molecular formula is C41H42FNO5PSSi+. The molecule has 6 nitrogen and oxygen atoms in total. The van der Waals surface area contributed by atoms with Crippen molar-refractivity contribution in [3.8, 4) is 33.5 Å². The van der Waals surface area contributed by atoms with Crippen LogP contribution in [0.5, 0.6) is 0 Å². The lowest BCUT2D eigenvalue weighted by atomic mass is 9.93. The van der Waals surface area contributed by atoms with Crippen molar-refractivity contribution in [1.82, 2.24) is 4.98 Å². The van der Waals surface area contributed by atoms with Crippen LogP contribution < -0.4 is 10.4 Å². The third kappa shape index (κ3) is 9.15. The largest absolute Gasteiger partial charge is 0.511 e. The van der Waals surface area contributed by atoms with Gasteiger partial charge in [-0.3, -0.25) is 9.78 Å². The molecule has 0 radical (unpaired) electrons. The summed E-state index contributed by atoms with van der Waals surface area (Å²) in [6, 6.07) is 32.1. The highest BCUT2D eigenvalue weighted by molar-refractivity contribution is 7.39. The number of aliphatic carboxylic acids is 1. The molecule has 1 N–H and O–H groups in total. The molecule has 0 amide bonds. The minimum absolute atomic E-state index is 0.0290. The average molecular weight is 739 g/mol. The fraction of sp³-hybridized carbons (Fsp3) is 0.268. The summed E-state index contributed by atoms with van der Waals surface area (Å²) in [5.74, 6) is 4.89. The number of halogens is 1. The Bertz CT molecular complexity index is 1970. The zero-order valence-electron chi connectivity index (χ0n) is 29.4. The lowest BCUT2D eigenvalue weighted by Crippen LogP contribution is -2.68. The highest BCUT2D eigenvalue weighted by Gasteiger charge is 2.52. The van der Waals surface area contributed by atoms with E-state index in [1.54, 1.807) is 23.5 Å². The molecule has 0 aliphatic heterocycles. The minimum atomic E-state index is -3.12. The number of rotatable bonds is 13. The molecule has 0 fully saturated rings. The van der Waals surface area contributed by atoms with Crippen LogP contribution in [0.15, 0.2) is 109 Å². The number of thiophene rings is 1. The summed E-state index contributed by atoms with van der Waals surface area (Å²) in [7, 11) is -5.45. The molecule has 2 heterocycles. The Labute approximate surface area is 305 Å². The monoisotopic (exact) mass is 738 g/mol. The predicted octanol–water partition coefficient (Wildman–Crippen LogP) is 9.27. The summed E-state index contributed by atoms with van der Waals surface area (Å²) in [5, 5.41) is 13.5. The van der Waals surface area contributed by atoms with Crippen LogP contribution in [-0.4, -0.2) is 43.2 Å². The molecule has 0 bridgehead atoms. The van der Waals surface area contributed by atoms with E-state index < -0.39 is 33.5 Å². The second-order valence-electron chi connectivity index (χ2n) is 13.5. The van der Waals surface area contributed by atoms with Crippen LogP contribution in [0.4, 0.5) is 4.39 Å². The Hall–Kier alpha value is -4.29. The first kappa shape index (κ1) is 37.9. The third-order valence-electron chi connectivity index (χ3n) is 8.53. The number of hydrogen-bond acceptors (Lipinski definition) is 6. The van der Waals surface area contributed by atoms with E-state index in [0.29, 0.717) is 5.56 Å². The molecule has 0 saturated carbocycles. The number of benzene rings is 3. The van der Waals surface area contributed by atoms with Gasteiger partial charge in [-0.15, -0.1) is 15.9 Å². The molecule has 0 spiro atoms. The number of aromatic nitrogens is 1. The zero-order valence-corrected chi connectivity index (χ0v) is 32.1. The van der Waals surface area contributed by atoms with Crippen molar-refractivity contribution in [3.05, 3.63) is 126 Å². The average Bonchev–Trinajstić information content (AvgIpc) is 3.64. The molecule has 2 atom stereocenters. The summed E-state index contributed by atoms with van der Waals surface area (Å²) >= 11 is 1.59. The van der Waals surface area contributed by atoms with E-state index in [0.717, 1.165) is 37.8 Å². The zero-order chi connectivity index (χ0) is 36.6. The van der Waals surface area contributed by atoms with E-state index in [2.05, 4.69) is 32.6 Å². The van der Waals surface area contributed by atoms with Crippen LogP contribution in [0.3, 0.4) is 0 Å². The van der Waals surface area contributed by atoms with Gasteiger partial charge >= 0.3 is 14.0 Å².